The molecule has 12 heteroatoms. The van der Waals surface area contributed by atoms with Gasteiger partial charge in [-0.05, 0) is 79.4 Å². The molecule has 3 aliphatic rings. The van der Waals surface area contributed by atoms with Crippen LogP contribution in [0.3, 0.4) is 0 Å². The average molecular weight is 643 g/mol. The molecule has 2 atom stereocenters. The van der Waals surface area contributed by atoms with Crippen LogP contribution in [0.5, 0.6) is 11.5 Å². The van der Waals surface area contributed by atoms with E-state index in [1.165, 1.54) is 6.33 Å². The number of nitrogens with zero attached hydrogens (tertiary/aromatic N) is 6. The normalized spacial score (nSPS) is 19.8. The van der Waals surface area contributed by atoms with Crippen molar-refractivity contribution in [2.75, 3.05) is 18.8 Å². The van der Waals surface area contributed by atoms with Gasteiger partial charge >= 0.3 is 0 Å². The molecule has 0 radical (unpaired) electrons. The zero-order valence-corrected chi connectivity index (χ0v) is 26.2. The van der Waals surface area contributed by atoms with Crippen molar-refractivity contribution in [2.45, 2.75) is 50.9 Å². The van der Waals surface area contributed by atoms with Crippen LogP contribution in [-0.4, -0.2) is 66.4 Å². The molecule has 2 unspecified atom stereocenters. The predicted molar refractivity (Wildman–Crippen MR) is 178 cm³/mol. The molecule has 0 aliphatic carbocycles. The lowest BCUT2D eigenvalue weighted by molar-refractivity contribution is -0.136. The smallest absolute Gasteiger partial charge is 0.255 e. The molecule has 3 aliphatic heterocycles. The van der Waals surface area contributed by atoms with Crippen molar-refractivity contribution >= 4 is 34.6 Å². The van der Waals surface area contributed by atoms with Gasteiger partial charge in [-0.3, -0.25) is 24.6 Å². The molecule has 0 spiro atoms. The number of carbonyl (C=O) groups excluding carboxylic acids is 3. The number of benzene rings is 3. The lowest BCUT2D eigenvalue weighted by Crippen LogP contribution is -2.52. The number of aromatic nitrogens is 4. The minimum absolute atomic E-state index is 0.0448. The van der Waals surface area contributed by atoms with Crippen molar-refractivity contribution in [2.24, 2.45) is 0 Å². The van der Waals surface area contributed by atoms with Gasteiger partial charge in [0.1, 0.15) is 35.4 Å². The SMILES string of the molecule is Nc1ncnc2c1c(-c1ccc(Oc3ccccc3)cc1)nn2C1CCCN(Cc2cccc3c2CN(C2CCC(=O)NC2=O)C3=O)C1. The number of rotatable bonds is 7. The predicted octanol–water partition coefficient (Wildman–Crippen LogP) is 4.47. The quantitative estimate of drug-likeness (QED) is 0.245. The van der Waals surface area contributed by atoms with Gasteiger partial charge in [0.05, 0.1) is 11.4 Å². The Kier molecular flexibility index (Phi) is 7.56. The molecule has 12 nitrogen and oxygen atoms in total. The van der Waals surface area contributed by atoms with Crippen molar-refractivity contribution < 1.29 is 19.1 Å². The molecule has 5 heterocycles. The number of imide groups is 1. The zero-order chi connectivity index (χ0) is 32.8. The van der Waals surface area contributed by atoms with Crippen LogP contribution < -0.4 is 15.8 Å². The maximum atomic E-state index is 13.4. The Morgan fingerprint density at radius 3 is 2.54 bits per heavy atom. The third-order valence-corrected chi connectivity index (χ3v) is 9.52. The van der Waals surface area contributed by atoms with E-state index in [0.29, 0.717) is 36.5 Å². The van der Waals surface area contributed by atoms with Crippen LogP contribution in [0, 0.1) is 0 Å². The molecule has 8 rings (SSSR count). The van der Waals surface area contributed by atoms with Crippen molar-refractivity contribution in [3.05, 3.63) is 95.8 Å². The van der Waals surface area contributed by atoms with Gasteiger partial charge in [-0.2, -0.15) is 5.10 Å². The third-order valence-electron chi connectivity index (χ3n) is 9.52. The first-order chi connectivity index (χ1) is 23.4. The van der Waals surface area contributed by atoms with Crippen LogP contribution in [0.15, 0.2) is 79.1 Å². The largest absolute Gasteiger partial charge is 0.457 e. The molecule has 2 aromatic heterocycles. The Labute approximate surface area is 276 Å². The number of hydrogen-bond donors (Lipinski definition) is 2. The number of fused-ring (bicyclic) bond motifs is 2. The topological polar surface area (TPSA) is 149 Å². The van der Waals surface area contributed by atoms with Crippen LogP contribution >= 0.6 is 0 Å². The monoisotopic (exact) mass is 642 g/mol. The molecule has 3 aromatic carbocycles. The van der Waals surface area contributed by atoms with E-state index >= 15 is 0 Å². The summed E-state index contributed by atoms with van der Waals surface area (Å²) in [4.78, 5) is 50.6. The highest BCUT2D eigenvalue weighted by atomic mass is 16.5. The van der Waals surface area contributed by atoms with Crippen molar-refractivity contribution in [3.8, 4) is 22.8 Å². The van der Waals surface area contributed by atoms with Gasteiger partial charge in [-0.25, -0.2) is 14.6 Å². The summed E-state index contributed by atoms with van der Waals surface area (Å²) in [5.41, 5.74) is 11.4. The molecule has 5 aromatic rings. The Balaban J connectivity index is 1.03. The van der Waals surface area contributed by atoms with E-state index in [1.807, 2.05) is 71.4 Å². The first kappa shape index (κ1) is 29.8. The highest BCUT2D eigenvalue weighted by Crippen LogP contribution is 2.36. The van der Waals surface area contributed by atoms with Gasteiger partial charge < -0.3 is 15.4 Å². The highest BCUT2D eigenvalue weighted by molar-refractivity contribution is 6.05. The first-order valence-electron chi connectivity index (χ1n) is 16.2. The number of likely N-dealkylation sites (tertiary alicyclic amines) is 1. The van der Waals surface area contributed by atoms with Gasteiger partial charge in [0.15, 0.2) is 5.65 Å². The summed E-state index contributed by atoms with van der Waals surface area (Å²) < 4.78 is 7.98. The van der Waals surface area contributed by atoms with Crippen LogP contribution in [0.4, 0.5) is 5.82 Å². The van der Waals surface area contributed by atoms with E-state index in [-0.39, 0.29) is 24.3 Å². The Morgan fingerprint density at radius 2 is 1.73 bits per heavy atom. The number of hydrogen-bond acceptors (Lipinski definition) is 9. The summed E-state index contributed by atoms with van der Waals surface area (Å²) in [6, 6.07) is 22.6. The fraction of sp³-hybridized carbons (Fsp3) is 0.278. The van der Waals surface area contributed by atoms with E-state index in [4.69, 9.17) is 15.6 Å². The van der Waals surface area contributed by atoms with Crippen molar-refractivity contribution in [1.82, 2.24) is 34.9 Å². The second kappa shape index (κ2) is 12.2. The van der Waals surface area contributed by atoms with E-state index in [9.17, 15) is 14.4 Å². The van der Waals surface area contributed by atoms with Crippen molar-refractivity contribution in [3.63, 3.8) is 0 Å². The van der Waals surface area contributed by atoms with Gasteiger partial charge in [-0.1, -0.05) is 30.3 Å². The Bertz CT molecular complexity index is 2040. The molecular formula is C36H34N8O4. The van der Waals surface area contributed by atoms with E-state index in [0.717, 1.165) is 65.2 Å². The van der Waals surface area contributed by atoms with Crippen LogP contribution in [0.25, 0.3) is 22.3 Å². The fourth-order valence-corrected chi connectivity index (χ4v) is 7.17. The molecule has 242 valence electrons. The zero-order valence-electron chi connectivity index (χ0n) is 26.2. The number of piperidine rings is 2. The summed E-state index contributed by atoms with van der Waals surface area (Å²) in [6.45, 7) is 2.64. The third kappa shape index (κ3) is 5.43. The average Bonchev–Trinajstić information content (AvgIpc) is 3.65. The highest BCUT2D eigenvalue weighted by Gasteiger charge is 2.40. The van der Waals surface area contributed by atoms with Gasteiger partial charge in [0.25, 0.3) is 5.91 Å². The van der Waals surface area contributed by atoms with Crippen LogP contribution in [-0.2, 0) is 22.7 Å². The number of amides is 3. The lowest BCUT2D eigenvalue weighted by atomic mass is 10.0. The molecule has 48 heavy (non-hydrogen) atoms. The number of nitrogens with one attached hydrogen (secondary N) is 1. The van der Waals surface area contributed by atoms with E-state index in [2.05, 4.69) is 26.3 Å². The van der Waals surface area contributed by atoms with Crippen molar-refractivity contribution in [1.29, 1.82) is 0 Å². The Hall–Kier alpha value is -5.62. The summed E-state index contributed by atoms with van der Waals surface area (Å²) >= 11 is 0. The summed E-state index contributed by atoms with van der Waals surface area (Å²) in [7, 11) is 0. The summed E-state index contributed by atoms with van der Waals surface area (Å²) in [6.07, 6.45) is 3.94. The lowest BCUT2D eigenvalue weighted by Gasteiger charge is -2.33. The maximum absolute atomic E-state index is 13.4. The van der Waals surface area contributed by atoms with Crippen LogP contribution in [0.1, 0.15) is 53.2 Å². The minimum Gasteiger partial charge on any atom is -0.457 e. The van der Waals surface area contributed by atoms with Gasteiger partial charge in [-0.15, -0.1) is 0 Å². The fourth-order valence-electron chi connectivity index (χ4n) is 7.17. The number of nitrogen functional groups attached to an aromatic ring is 1. The number of nitrogens with two attached hydrogens (primary N) is 1. The molecule has 3 amide bonds. The summed E-state index contributed by atoms with van der Waals surface area (Å²) in [5, 5.41) is 8.20. The summed E-state index contributed by atoms with van der Waals surface area (Å²) in [5.74, 6) is 1.00. The second-order valence-electron chi connectivity index (χ2n) is 12.6. The molecule has 0 bridgehead atoms. The van der Waals surface area contributed by atoms with E-state index in [1.54, 1.807) is 4.90 Å². The van der Waals surface area contributed by atoms with Gasteiger partial charge in [0, 0.05) is 37.2 Å². The molecule has 2 fully saturated rings. The second-order valence-corrected chi connectivity index (χ2v) is 12.6. The maximum Gasteiger partial charge on any atom is 0.255 e. The molecule has 0 saturated carbocycles. The number of carbonyl (C=O) groups is 3. The first-order valence-corrected chi connectivity index (χ1v) is 16.2. The number of anilines is 1. The minimum atomic E-state index is -0.640. The van der Waals surface area contributed by atoms with Crippen LogP contribution in [0.2, 0.25) is 0 Å². The number of para-hydroxylation sites is 1. The number of ether oxygens (including phenoxy) is 1. The van der Waals surface area contributed by atoms with Gasteiger partial charge in [0.2, 0.25) is 11.8 Å². The molecule has 2 saturated heterocycles. The van der Waals surface area contributed by atoms with E-state index < -0.39 is 11.9 Å². The Morgan fingerprint density at radius 1 is 0.917 bits per heavy atom. The standard InChI is InChI=1S/C36H34N8O4/c37-33-31-32(22-11-13-26(14-12-22)48-25-8-2-1-3-9-25)41-44(34(31)39-21-38-33)24-7-5-17-42(19-24)18-23-6-4-10-27-28(23)20-43(36(27)47)29-15-16-30(45)40-35(29)46/h1-4,6,8-14,21,24,29H,5,7,15-20H2,(H2,37,38,39)(H,40,45,46). The molecule has 3 N–H and O–H groups in total. The molecular weight excluding hydrogens is 608 g/mol.